The van der Waals surface area contributed by atoms with Crippen LogP contribution in [0.1, 0.15) is 63.5 Å². The van der Waals surface area contributed by atoms with Gasteiger partial charge in [0.1, 0.15) is 0 Å². The Bertz CT molecular complexity index is 760. The Kier molecular flexibility index (Phi) is 6.21. The van der Waals surface area contributed by atoms with Crippen LogP contribution in [0.25, 0.3) is 0 Å². The third-order valence-corrected chi connectivity index (χ3v) is 5.71. The van der Waals surface area contributed by atoms with Crippen LogP contribution in [0.3, 0.4) is 0 Å². The average molecular weight is 384 g/mol. The van der Waals surface area contributed by atoms with Gasteiger partial charge in [0.25, 0.3) is 5.89 Å². The summed E-state index contributed by atoms with van der Waals surface area (Å²) in [6.45, 7) is 7.40. The summed E-state index contributed by atoms with van der Waals surface area (Å²) in [5.41, 5.74) is -0.364. The van der Waals surface area contributed by atoms with E-state index in [4.69, 9.17) is 4.52 Å². The fourth-order valence-corrected chi connectivity index (χ4v) is 3.87. The Morgan fingerprint density at radius 3 is 2.50 bits per heavy atom. The molecule has 0 aromatic carbocycles. The van der Waals surface area contributed by atoms with Crippen LogP contribution in [0.5, 0.6) is 0 Å². The van der Waals surface area contributed by atoms with E-state index in [1.165, 1.54) is 0 Å². The quantitative estimate of drug-likeness (QED) is 0.640. The van der Waals surface area contributed by atoms with E-state index in [1.807, 2.05) is 20.8 Å². The van der Waals surface area contributed by atoms with Gasteiger partial charge in [0.2, 0.25) is 11.7 Å². The molecule has 9 heteroatoms. The summed E-state index contributed by atoms with van der Waals surface area (Å²) < 4.78 is 28.8. The molecule has 1 N–H and O–H groups in total. The zero-order valence-electron chi connectivity index (χ0n) is 15.6. The van der Waals surface area contributed by atoms with Crippen LogP contribution < -0.4 is 5.32 Å². The number of aromatic nitrogens is 2. The topological polar surface area (TPSA) is 119 Å². The Labute approximate surface area is 154 Å². The third kappa shape index (κ3) is 5.89. The average Bonchev–Trinajstić information content (AvgIpc) is 3.18. The maximum atomic E-state index is 12.5. The van der Waals surface area contributed by atoms with Crippen molar-refractivity contribution in [1.82, 2.24) is 15.5 Å². The second-order valence-corrected chi connectivity index (χ2v) is 9.89. The molecule has 1 fully saturated rings. The Morgan fingerprint density at radius 1 is 1.35 bits per heavy atom. The molecule has 0 spiro atoms. The van der Waals surface area contributed by atoms with Crippen LogP contribution in [-0.2, 0) is 20.0 Å². The molecule has 0 bridgehead atoms. The molecule has 1 heterocycles. The second-order valence-electron chi connectivity index (χ2n) is 7.73. The monoisotopic (exact) mass is 384 g/mol. The molecule has 1 aliphatic carbocycles. The summed E-state index contributed by atoms with van der Waals surface area (Å²) in [4.78, 5) is 28.6. The van der Waals surface area contributed by atoms with Gasteiger partial charge < -0.3 is 9.84 Å². The number of hydrogen-bond acceptors (Lipinski definition) is 7. The molecule has 8 nitrogen and oxygen atoms in total. The van der Waals surface area contributed by atoms with Gasteiger partial charge in [-0.3, -0.25) is 9.59 Å². The first-order chi connectivity index (χ1) is 12.0. The lowest BCUT2D eigenvalue weighted by atomic mass is 9.96. The van der Waals surface area contributed by atoms with E-state index in [2.05, 4.69) is 15.5 Å². The van der Waals surface area contributed by atoms with Gasteiger partial charge in [0.15, 0.2) is 15.7 Å². The largest absolute Gasteiger partial charge is 0.345 e. The van der Waals surface area contributed by atoms with E-state index in [9.17, 15) is 18.0 Å². The highest BCUT2D eigenvalue weighted by molar-refractivity contribution is 7.91. The van der Waals surface area contributed by atoms with Crippen molar-refractivity contribution in [2.75, 3.05) is 11.5 Å². The minimum absolute atomic E-state index is 0.116. The van der Waals surface area contributed by atoms with Crippen LogP contribution in [0.15, 0.2) is 4.52 Å². The van der Waals surface area contributed by atoms with Gasteiger partial charge in [0, 0.05) is 5.41 Å². The number of rotatable bonds is 9. The summed E-state index contributed by atoms with van der Waals surface area (Å²) >= 11 is 0. The van der Waals surface area contributed by atoms with Crippen molar-refractivity contribution in [1.29, 1.82) is 0 Å². The molecule has 26 heavy (non-hydrogen) atoms. The van der Waals surface area contributed by atoms with Crippen LogP contribution in [0, 0.1) is 12.3 Å². The first kappa shape index (κ1) is 20.5. The van der Waals surface area contributed by atoms with E-state index in [-0.39, 0.29) is 28.7 Å². The maximum absolute atomic E-state index is 12.5. The highest BCUT2D eigenvalue weighted by atomic mass is 32.2. The fraction of sp³-hybridized carbons (Fsp3) is 0.706. The normalized spacial score (nSPS) is 16.3. The molecule has 1 saturated carbocycles. The smallest absolute Gasteiger partial charge is 0.296 e. The van der Waals surface area contributed by atoms with E-state index in [1.54, 1.807) is 6.92 Å². The van der Waals surface area contributed by atoms with E-state index in [0.29, 0.717) is 12.2 Å². The molecule has 1 aromatic heterocycles. The van der Waals surface area contributed by atoms with Crippen LogP contribution >= 0.6 is 0 Å². The zero-order chi connectivity index (χ0) is 19.5. The SMILES string of the molecule is CC[C@H](NC(=O)[CH]CS(=O)(=O)CC1CC1)C(=O)c1nc(C(C)(C)C)no1. The molecule has 2 rings (SSSR count). The van der Waals surface area contributed by atoms with Crippen molar-refractivity contribution in [3.05, 3.63) is 18.1 Å². The molecule has 1 aromatic rings. The van der Waals surface area contributed by atoms with Crippen LogP contribution in [0.2, 0.25) is 0 Å². The Hall–Kier alpha value is -1.77. The minimum atomic E-state index is -3.28. The molecule has 0 unspecified atom stereocenters. The minimum Gasteiger partial charge on any atom is -0.345 e. The van der Waals surface area contributed by atoms with E-state index < -0.39 is 27.6 Å². The predicted molar refractivity (Wildman–Crippen MR) is 95.2 cm³/mol. The number of nitrogens with zero attached hydrogens (tertiary/aromatic N) is 2. The van der Waals surface area contributed by atoms with Crippen molar-refractivity contribution in [3.63, 3.8) is 0 Å². The molecule has 1 radical (unpaired) electrons. The lowest BCUT2D eigenvalue weighted by Crippen LogP contribution is -2.41. The van der Waals surface area contributed by atoms with Gasteiger partial charge in [-0.15, -0.1) is 0 Å². The van der Waals surface area contributed by atoms with Crippen molar-refractivity contribution >= 4 is 21.5 Å². The standard InChI is InChI=1S/C17H26N3O5S/c1-5-12(14(22)15-19-16(20-25-15)17(2,3)4)18-13(21)8-9-26(23,24)10-11-6-7-11/h8,11-12H,5-7,9-10H2,1-4H3,(H,18,21)/t12-/m0/s1. The lowest BCUT2D eigenvalue weighted by molar-refractivity contribution is -0.118. The molecular formula is C17H26N3O5S. The third-order valence-electron chi connectivity index (χ3n) is 4.06. The molecule has 1 amide bonds. The first-order valence-corrected chi connectivity index (χ1v) is 10.6. The van der Waals surface area contributed by atoms with Crippen molar-refractivity contribution in [3.8, 4) is 0 Å². The predicted octanol–water partition coefficient (Wildman–Crippen LogP) is 1.47. The lowest BCUT2D eigenvalue weighted by Gasteiger charge is -2.14. The molecule has 0 saturated heterocycles. The Balaban J connectivity index is 1.91. The highest BCUT2D eigenvalue weighted by Gasteiger charge is 2.30. The van der Waals surface area contributed by atoms with Crippen molar-refractivity contribution in [2.45, 2.75) is 58.4 Å². The summed E-state index contributed by atoms with van der Waals surface area (Å²) in [5.74, 6) is -0.823. The van der Waals surface area contributed by atoms with Gasteiger partial charge in [-0.25, -0.2) is 8.42 Å². The summed E-state index contributed by atoms with van der Waals surface area (Å²) in [6, 6.07) is -0.849. The van der Waals surface area contributed by atoms with E-state index >= 15 is 0 Å². The van der Waals surface area contributed by atoms with Gasteiger partial charge >= 0.3 is 0 Å². The number of Topliss-reactive ketones (excluding diaryl/α,β-unsaturated/α-hetero) is 1. The number of amides is 1. The number of ketones is 1. The molecular weight excluding hydrogens is 358 g/mol. The summed E-state index contributed by atoms with van der Waals surface area (Å²) in [7, 11) is -3.28. The molecule has 145 valence electrons. The number of carbonyl (C=O) groups is 2. The van der Waals surface area contributed by atoms with Crippen LogP contribution in [0.4, 0.5) is 0 Å². The van der Waals surface area contributed by atoms with Crippen molar-refractivity contribution < 1.29 is 22.5 Å². The second kappa shape index (κ2) is 7.85. The van der Waals surface area contributed by atoms with Gasteiger partial charge in [-0.2, -0.15) is 4.98 Å². The van der Waals surface area contributed by atoms with Crippen LogP contribution in [-0.4, -0.2) is 47.8 Å². The zero-order valence-corrected chi connectivity index (χ0v) is 16.4. The number of carbonyl (C=O) groups excluding carboxylic acids is 2. The first-order valence-electron chi connectivity index (χ1n) is 8.74. The molecule has 1 atom stereocenters. The number of hydrogen-bond donors (Lipinski definition) is 1. The van der Waals surface area contributed by atoms with Crippen molar-refractivity contribution in [2.24, 2.45) is 5.92 Å². The highest BCUT2D eigenvalue weighted by Crippen LogP contribution is 2.30. The fourth-order valence-electron chi connectivity index (χ4n) is 2.28. The number of sulfone groups is 1. The molecule has 0 aliphatic heterocycles. The Morgan fingerprint density at radius 2 is 2.00 bits per heavy atom. The van der Waals surface area contributed by atoms with Gasteiger partial charge in [-0.05, 0) is 25.2 Å². The number of nitrogens with one attached hydrogen (secondary N) is 1. The summed E-state index contributed by atoms with van der Waals surface area (Å²) in [6.07, 6.45) is 3.25. The molecule has 1 aliphatic rings. The summed E-state index contributed by atoms with van der Waals surface area (Å²) in [5, 5.41) is 6.32. The van der Waals surface area contributed by atoms with Gasteiger partial charge in [0.05, 0.1) is 24.0 Å². The van der Waals surface area contributed by atoms with Gasteiger partial charge in [-0.1, -0.05) is 32.9 Å². The van der Waals surface area contributed by atoms with E-state index in [0.717, 1.165) is 19.3 Å². The maximum Gasteiger partial charge on any atom is 0.296 e.